The van der Waals surface area contributed by atoms with E-state index in [1.165, 1.54) is 11.8 Å². The Labute approximate surface area is 91.7 Å². The van der Waals surface area contributed by atoms with Gasteiger partial charge < -0.3 is 5.73 Å². The number of rotatable bonds is 2. The maximum atomic E-state index is 5.72. The number of nitrogens with two attached hydrogens (primary N) is 1. The second-order valence-electron chi connectivity index (χ2n) is 3.21. The van der Waals surface area contributed by atoms with Crippen molar-refractivity contribution in [2.75, 3.05) is 5.73 Å². The van der Waals surface area contributed by atoms with Gasteiger partial charge in [0.25, 0.3) is 0 Å². The van der Waals surface area contributed by atoms with Crippen molar-refractivity contribution in [2.45, 2.75) is 17.0 Å². The van der Waals surface area contributed by atoms with Crippen LogP contribution in [0.2, 0.25) is 0 Å². The zero-order valence-electron chi connectivity index (χ0n) is 8.51. The Morgan fingerprint density at radius 3 is 2.87 bits per heavy atom. The standard InChI is InChI=1S/C9H11N5S/c1-6-3-4-7(10)5-8(6)15-9-11-12-13-14(9)2/h3-5H,10H2,1-2H3. The number of hydrogen-bond acceptors (Lipinski definition) is 5. The highest BCUT2D eigenvalue weighted by atomic mass is 32.2. The van der Waals surface area contributed by atoms with E-state index < -0.39 is 0 Å². The summed E-state index contributed by atoms with van der Waals surface area (Å²) < 4.78 is 1.63. The molecule has 0 unspecified atom stereocenters. The Morgan fingerprint density at radius 1 is 1.40 bits per heavy atom. The molecule has 2 N–H and O–H groups in total. The summed E-state index contributed by atoms with van der Waals surface area (Å²) in [6.07, 6.45) is 0. The van der Waals surface area contributed by atoms with Gasteiger partial charge >= 0.3 is 0 Å². The summed E-state index contributed by atoms with van der Waals surface area (Å²) in [6.45, 7) is 2.03. The first-order chi connectivity index (χ1) is 7.16. The van der Waals surface area contributed by atoms with Crippen molar-refractivity contribution in [2.24, 2.45) is 7.05 Å². The minimum atomic E-state index is 0.748. The summed E-state index contributed by atoms with van der Waals surface area (Å²) in [5, 5.41) is 12.0. The number of benzene rings is 1. The van der Waals surface area contributed by atoms with Gasteiger partial charge in [-0.25, -0.2) is 4.68 Å². The van der Waals surface area contributed by atoms with Gasteiger partial charge in [0.2, 0.25) is 5.16 Å². The molecule has 5 nitrogen and oxygen atoms in total. The lowest BCUT2D eigenvalue weighted by Gasteiger charge is -2.04. The van der Waals surface area contributed by atoms with Crippen molar-refractivity contribution < 1.29 is 0 Å². The zero-order valence-corrected chi connectivity index (χ0v) is 9.32. The molecule has 1 heterocycles. The topological polar surface area (TPSA) is 69.6 Å². The molecule has 6 heteroatoms. The highest BCUT2D eigenvalue weighted by molar-refractivity contribution is 7.99. The molecule has 2 aromatic rings. The van der Waals surface area contributed by atoms with E-state index in [1.54, 1.807) is 4.68 Å². The minimum absolute atomic E-state index is 0.748. The van der Waals surface area contributed by atoms with E-state index in [0.717, 1.165) is 21.3 Å². The third-order valence-electron chi connectivity index (χ3n) is 1.99. The SMILES string of the molecule is Cc1ccc(N)cc1Sc1nnnn1C. The summed E-state index contributed by atoms with van der Waals surface area (Å²) in [5.74, 6) is 0. The van der Waals surface area contributed by atoms with Crippen LogP contribution in [0.25, 0.3) is 0 Å². The maximum Gasteiger partial charge on any atom is 0.213 e. The minimum Gasteiger partial charge on any atom is -0.399 e. The van der Waals surface area contributed by atoms with E-state index in [-0.39, 0.29) is 0 Å². The van der Waals surface area contributed by atoms with Gasteiger partial charge in [0.05, 0.1) is 0 Å². The Morgan fingerprint density at radius 2 is 2.20 bits per heavy atom. The summed E-state index contributed by atoms with van der Waals surface area (Å²) in [4.78, 5) is 1.08. The van der Waals surface area contributed by atoms with E-state index in [1.807, 2.05) is 32.2 Å². The van der Waals surface area contributed by atoms with Gasteiger partial charge in [-0.05, 0) is 46.8 Å². The Balaban J connectivity index is 2.32. The third-order valence-corrected chi connectivity index (χ3v) is 3.18. The first-order valence-electron chi connectivity index (χ1n) is 4.43. The van der Waals surface area contributed by atoms with E-state index in [9.17, 15) is 0 Å². The smallest absolute Gasteiger partial charge is 0.213 e. The molecule has 0 amide bonds. The lowest BCUT2D eigenvalue weighted by Crippen LogP contribution is -1.94. The summed E-state index contributed by atoms with van der Waals surface area (Å²) in [7, 11) is 1.81. The molecule has 0 aliphatic carbocycles. The predicted molar refractivity (Wildman–Crippen MR) is 58.5 cm³/mol. The summed E-state index contributed by atoms with van der Waals surface area (Å²) >= 11 is 1.51. The number of hydrogen-bond donors (Lipinski definition) is 1. The molecule has 0 aliphatic rings. The molecule has 0 atom stereocenters. The third kappa shape index (κ3) is 2.10. The van der Waals surface area contributed by atoms with Gasteiger partial charge in [0.1, 0.15) is 0 Å². The van der Waals surface area contributed by atoms with Crippen molar-refractivity contribution in [1.82, 2.24) is 20.2 Å². The molecule has 0 saturated carbocycles. The fraction of sp³-hybridized carbons (Fsp3) is 0.222. The average Bonchev–Trinajstić information content (AvgIpc) is 2.58. The molecular formula is C9H11N5S. The Kier molecular flexibility index (Phi) is 2.59. The highest BCUT2D eigenvalue weighted by Crippen LogP contribution is 2.29. The van der Waals surface area contributed by atoms with Crippen molar-refractivity contribution in [3.8, 4) is 0 Å². The molecule has 0 bridgehead atoms. The fourth-order valence-corrected chi connectivity index (χ4v) is 2.00. The van der Waals surface area contributed by atoms with Crippen LogP contribution < -0.4 is 5.73 Å². The van der Waals surface area contributed by atoms with Gasteiger partial charge in [-0.1, -0.05) is 6.07 Å². The summed E-state index contributed by atoms with van der Waals surface area (Å²) in [6, 6.07) is 5.80. The largest absolute Gasteiger partial charge is 0.399 e. The summed E-state index contributed by atoms with van der Waals surface area (Å²) in [5.41, 5.74) is 7.64. The molecule has 15 heavy (non-hydrogen) atoms. The van der Waals surface area contributed by atoms with E-state index in [4.69, 9.17) is 5.73 Å². The zero-order chi connectivity index (χ0) is 10.8. The van der Waals surface area contributed by atoms with Crippen LogP contribution in [0.5, 0.6) is 0 Å². The first kappa shape index (κ1) is 9.97. The molecule has 0 fully saturated rings. The number of aryl methyl sites for hydroxylation is 2. The molecule has 0 saturated heterocycles. The predicted octanol–water partition coefficient (Wildman–Crippen LogP) is 1.25. The van der Waals surface area contributed by atoms with Crippen molar-refractivity contribution in [3.05, 3.63) is 23.8 Å². The number of nitrogens with zero attached hydrogens (tertiary/aromatic N) is 4. The molecule has 1 aromatic carbocycles. The lowest BCUT2D eigenvalue weighted by molar-refractivity contribution is 0.664. The van der Waals surface area contributed by atoms with Gasteiger partial charge in [-0.2, -0.15) is 0 Å². The maximum absolute atomic E-state index is 5.72. The Bertz CT molecular complexity index is 479. The van der Waals surface area contributed by atoms with Crippen LogP contribution in [-0.2, 0) is 7.05 Å². The average molecular weight is 221 g/mol. The fourth-order valence-electron chi connectivity index (χ4n) is 1.13. The van der Waals surface area contributed by atoms with Crippen LogP contribution in [0.15, 0.2) is 28.3 Å². The van der Waals surface area contributed by atoms with E-state index in [2.05, 4.69) is 15.5 Å². The van der Waals surface area contributed by atoms with Gasteiger partial charge in [0, 0.05) is 17.6 Å². The number of aromatic nitrogens is 4. The Hall–Kier alpha value is -1.56. The van der Waals surface area contributed by atoms with Crippen molar-refractivity contribution in [3.63, 3.8) is 0 Å². The van der Waals surface area contributed by atoms with Crippen LogP contribution >= 0.6 is 11.8 Å². The number of nitrogen functional groups attached to an aromatic ring is 1. The normalized spacial score (nSPS) is 10.5. The molecule has 2 rings (SSSR count). The molecule has 0 spiro atoms. The molecule has 1 aromatic heterocycles. The van der Waals surface area contributed by atoms with Gasteiger partial charge in [-0.15, -0.1) is 5.10 Å². The molecule has 0 radical (unpaired) electrons. The van der Waals surface area contributed by atoms with Gasteiger partial charge in [-0.3, -0.25) is 0 Å². The molecule has 0 aliphatic heterocycles. The van der Waals surface area contributed by atoms with E-state index in [0.29, 0.717) is 0 Å². The number of tetrazole rings is 1. The van der Waals surface area contributed by atoms with Gasteiger partial charge in [0.15, 0.2) is 0 Å². The quantitative estimate of drug-likeness (QED) is 0.773. The highest BCUT2D eigenvalue weighted by Gasteiger charge is 2.07. The molecule has 78 valence electrons. The van der Waals surface area contributed by atoms with Crippen LogP contribution in [0.1, 0.15) is 5.56 Å². The van der Waals surface area contributed by atoms with Crippen molar-refractivity contribution in [1.29, 1.82) is 0 Å². The number of anilines is 1. The lowest BCUT2D eigenvalue weighted by atomic mass is 10.2. The van der Waals surface area contributed by atoms with Crippen molar-refractivity contribution >= 4 is 17.4 Å². The van der Waals surface area contributed by atoms with E-state index >= 15 is 0 Å². The van der Waals surface area contributed by atoms with Crippen LogP contribution in [0.3, 0.4) is 0 Å². The van der Waals surface area contributed by atoms with Crippen LogP contribution in [-0.4, -0.2) is 20.2 Å². The van der Waals surface area contributed by atoms with Crippen LogP contribution in [0, 0.1) is 6.92 Å². The monoisotopic (exact) mass is 221 g/mol. The second kappa shape index (κ2) is 3.90. The second-order valence-corrected chi connectivity index (χ2v) is 4.22. The molecular weight excluding hydrogens is 210 g/mol. The van der Waals surface area contributed by atoms with Crippen LogP contribution in [0.4, 0.5) is 5.69 Å². The first-order valence-corrected chi connectivity index (χ1v) is 5.25.